The average molecular weight is 165 g/mol. The number of rotatable bonds is 3. The van der Waals surface area contributed by atoms with Crippen LogP contribution in [0.3, 0.4) is 0 Å². The Bertz CT molecular complexity index is 52.6. The molecule has 0 heterocycles. The molecule has 1 nitrogen and oxygen atoms in total. The molecular weight excluding hydrogens is 141 g/mol. The Morgan fingerprint density at radius 1 is 0.833 bits per heavy atom. The summed E-state index contributed by atoms with van der Waals surface area (Å²) in [5.74, 6) is 1.42. The second kappa shape index (κ2) is 14.1. The zero-order chi connectivity index (χ0) is 9.28. The fourth-order valence-corrected chi connectivity index (χ4v) is 0.671. The molecule has 0 unspecified atom stereocenters. The summed E-state index contributed by atoms with van der Waals surface area (Å²) in [6.07, 6.45) is 0. The van der Waals surface area contributed by atoms with Gasteiger partial charge in [0.15, 0.2) is 0 Å². The third kappa shape index (κ3) is 22.4. The largest absolute Gasteiger partial charge is 1.00 e. The summed E-state index contributed by atoms with van der Waals surface area (Å²) in [5, 5.41) is 0. The van der Waals surface area contributed by atoms with Gasteiger partial charge >= 0.3 is 18.9 Å². The quantitative estimate of drug-likeness (QED) is 0.419. The molecule has 0 aromatic carbocycles. The first-order valence-electron chi connectivity index (χ1n) is 4.57. The second-order valence-electron chi connectivity index (χ2n) is 3.12. The molecule has 0 bridgehead atoms. The molecule has 0 radical (unpaired) electrons. The van der Waals surface area contributed by atoms with Crippen molar-refractivity contribution in [2.75, 3.05) is 19.6 Å². The molecule has 0 aliphatic carbocycles. The zero-order valence-corrected chi connectivity index (χ0v) is 10.1. The number of nitrogens with zero attached hydrogens (tertiary/aromatic N) is 1. The molecule has 70 valence electrons. The van der Waals surface area contributed by atoms with Crippen LogP contribution in [0, 0.1) is 5.92 Å². The summed E-state index contributed by atoms with van der Waals surface area (Å²) < 4.78 is 0. The van der Waals surface area contributed by atoms with E-state index in [1.54, 1.807) is 0 Å². The molecule has 0 rings (SSSR count). The van der Waals surface area contributed by atoms with E-state index < -0.39 is 0 Å². The molecule has 12 heavy (non-hydrogen) atoms. The maximum atomic E-state index is 2.38. The Labute approximate surface area is 91.1 Å². The van der Waals surface area contributed by atoms with E-state index in [9.17, 15) is 0 Å². The van der Waals surface area contributed by atoms with E-state index in [1.165, 1.54) is 25.6 Å². The van der Waals surface area contributed by atoms with E-state index in [0.717, 1.165) is 0 Å². The van der Waals surface area contributed by atoms with E-state index in [1.807, 2.05) is 0 Å². The maximum absolute atomic E-state index is 2.38. The van der Waals surface area contributed by atoms with E-state index >= 15 is 0 Å². The van der Waals surface area contributed by atoms with Crippen LogP contribution in [0.4, 0.5) is 0 Å². The van der Waals surface area contributed by atoms with E-state index in [0.29, 0.717) is 0 Å². The van der Waals surface area contributed by atoms with Gasteiger partial charge in [0.25, 0.3) is 0 Å². The molecule has 0 amide bonds. The van der Waals surface area contributed by atoms with Crippen LogP contribution in [0.2, 0.25) is 0 Å². The first-order chi connectivity index (χ1) is 5.08. The van der Waals surface area contributed by atoms with Crippen molar-refractivity contribution in [3.63, 3.8) is 0 Å². The molecule has 2 heteroatoms. The molecular formula is C10H24LiN. The van der Waals surface area contributed by atoms with Crippen molar-refractivity contribution in [1.29, 1.82) is 0 Å². The van der Waals surface area contributed by atoms with Crippen molar-refractivity contribution in [2.24, 2.45) is 0 Å². The molecule has 0 N–H and O–H groups in total. The van der Waals surface area contributed by atoms with Crippen LogP contribution in [0.15, 0.2) is 0 Å². The summed E-state index contributed by atoms with van der Waals surface area (Å²) >= 11 is 0. The first kappa shape index (κ1) is 18.4. The summed E-state index contributed by atoms with van der Waals surface area (Å²) in [5.41, 5.74) is 0. The van der Waals surface area contributed by atoms with Gasteiger partial charge in [0.2, 0.25) is 0 Å². The van der Waals surface area contributed by atoms with E-state index in [4.69, 9.17) is 0 Å². The predicted octanol–water partition coefficient (Wildman–Crippen LogP) is -0.0273. The van der Waals surface area contributed by atoms with Gasteiger partial charge in [-0.1, -0.05) is 20.8 Å². The van der Waals surface area contributed by atoms with Crippen molar-refractivity contribution in [2.45, 2.75) is 41.5 Å². The van der Waals surface area contributed by atoms with Gasteiger partial charge in [0.05, 0.1) is 0 Å². The fraction of sp³-hybridized carbons (Fsp3) is 0.900. The standard InChI is InChI=1S/C6H15N.C4H9.Li/c1-4-7(5-2)6-3;1-4(2)3;/h4-6H2,1-3H3;1-3H3;/q;-1;+1. The molecule has 0 fully saturated rings. The summed E-state index contributed by atoms with van der Waals surface area (Å²) in [4.78, 5) is 2.38. The first-order valence-corrected chi connectivity index (χ1v) is 4.57. The van der Waals surface area contributed by atoms with Crippen LogP contribution in [0.5, 0.6) is 0 Å². The smallest absolute Gasteiger partial charge is 0.323 e. The minimum Gasteiger partial charge on any atom is -0.323 e. The van der Waals surface area contributed by atoms with Crippen molar-refractivity contribution in [1.82, 2.24) is 4.90 Å². The van der Waals surface area contributed by atoms with Crippen LogP contribution < -0.4 is 18.9 Å². The van der Waals surface area contributed by atoms with E-state index in [2.05, 4.69) is 46.4 Å². The third-order valence-corrected chi connectivity index (χ3v) is 1.34. The van der Waals surface area contributed by atoms with Crippen molar-refractivity contribution in [3.8, 4) is 0 Å². The van der Waals surface area contributed by atoms with Crippen molar-refractivity contribution < 1.29 is 18.9 Å². The molecule has 0 saturated heterocycles. The van der Waals surface area contributed by atoms with Gasteiger partial charge in [-0.05, 0) is 19.6 Å². The van der Waals surface area contributed by atoms with Gasteiger partial charge in [0.1, 0.15) is 0 Å². The van der Waals surface area contributed by atoms with Crippen LogP contribution in [0.1, 0.15) is 41.5 Å². The average Bonchev–Trinajstić information content (AvgIpc) is 1.90. The summed E-state index contributed by atoms with van der Waals surface area (Å²) in [7, 11) is 0. The monoisotopic (exact) mass is 165 g/mol. The fourth-order valence-electron chi connectivity index (χ4n) is 0.671. The molecule has 0 aliphatic rings. The SMILES string of the molecule is CCN(CC)CC.C[C-](C)C.[Li+]. The third-order valence-electron chi connectivity index (χ3n) is 1.34. The summed E-state index contributed by atoms with van der Waals surface area (Å²) in [6, 6.07) is 0. The maximum Gasteiger partial charge on any atom is 1.00 e. The van der Waals surface area contributed by atoms with Crippen molar-refractivity contribution >= 4 is 0 Å². The van der Waals surface area contributed by atoms with Gasteiger partial charge in [-0.25, -0.2) is 0 Å². The minimum absolute atomic E-state index is 0. The Morgan fingerprint density at radius 2 is 1.00 bits per heavy atom. The number of hydrogen-bond acceptors (Lipinski definition) is 1. The molecule has 0 aromatic rings. The topological polar surface area (TPSA) is 3.24 Å². The minimum atomic E-state index is 0. The molecule has 0 aromatic heterocycles. The van der Waals surface area contributed by atoms with Gasteiger partial charge in [-0.2, -0.15) is 20.8 Å². The Kier molecular flexibility index (Phi) is 21.6. The van der Waals surface area contributed by atoms with Crippen LogP contribution in [-0.2, 0) is 0 Å². The molecule has 0 spiro atoms. The number of hydrogen-bond donors (Lipinski definition) is 0. The Balaban J connectivity index is -0.000000142. The van der Waals surface area contributed by atoms with E-state index in [-0.39, 0.29) is 18.9 Å². The predicted molar refractivity (Wildman–Crippen MR) is 53.7 cm³/mol. The van der Waals surface area contributed by atoms with Crippen molar-refractivity contribution in [3.05, 3.63) is 5.92 Å². The molecule has 0 atom stereocenters. The normalized spacial score (nSPS) is 9.00. The van der Waals surface area contributed by atoms with Gasteiger partial charge < -0.3 is 10.8 Å². The van der Waals surface area contributed by atoms with Gasteiger partial charge in [-0.15, -0.1) is 0 Å². The molecule has 0 aliphatic heterocycles. The van der Waals surface area contributed by atoms with Gasteiger partial charge in [-0.3, -0.25) is 0 Å². The Hall–Kier alpha value is 0.557. The van der Waals surface area contributed by atoms with Crippen LogP contribution >= 0.6 is 0 Å². The Morgan fingerprint density at radius 3 is 1.00 bits per heavy atom. The zero-order valence-electron chi connectivity index (χ0n) is 10.1. The van der Waals surface area contributed by atoms with Crippen LogP contribution in [-0.4, -0.2) is 24.5 Å². The van der Waals surface area contributed by atoms with Crippen LogP contribution in [0.25, 0.3) is 0 Å². The molecule has 0 saturated carbocycles. The van der Waals surface area contributed by atoms with Gasteiger partial charge in [0, 0.05) is 0 Å². The second-order valence-corrected chi connectivity index (χ2v) is 3.12. The summed E-state index contributed by atoms with van der Waals surface area (Å²) in [6.45, 7) is 16.4.